The number of anilines is 2. The van der Waals surface area contributed by atoms with Crippen LogP contribution in [-0.2, 0) is 6.54 Å². The highest BCUT2D eigenvalue weighted by atomic mass is 19.4. The van der Waals surface area contributed by atoms with Gasteiger partial charge in [0.15, 0.2) is 5.65 Å². The summed E-state index contributed by atoms with van der Waals surface area (Å²) in [7, 11) is 0. The lowest BCUT2D eigenvalue weighted by molar-refractivity contribution is -0.274. The lowest BCUT2D eigenvalue weighted by Gasteiger charge is -2.10. The minimum Gasteiger partial charge on any atom is -0.406 e. The summed E-state index contributed by atoms with van der Waals surface area (Å²) in [4.78, 5) is 8.38. The van der Waals surface area contributed by atoms with E-state index in [2.05, 4.69) is 31.2 Å². The van der Waals surface area contributed by atoms with Crippen molar-refractivity contribution in [1.82, 2.24) is 19.7 Å². The zero-order valence-electron chi connectivity index (χ0n) is 14.3. The number of fused-ring (bicyclic) bond motifs is 1. The molecule has 0 fully saturated rings. The zero-order valence-corrected chi connectivity index (χ0v) is 14.3. The van der Waals surface area contributed by atoms with Crippen LogP contribution in [-0.4, -0.2) is 26.1 Å². The van der Waals surface area contributed by atoms with Gasteiger partial charge in [-0.15, -0.1) is 13.2 Å². The maximum atomic E-state index is 12.3. The highest BCUT2D eigenvalue weighted by Gasteiger charge is 2.30. The molecule has 9 heteroatoms. The fraction of sp³-hybridized carbons (Fsp3) is 0.105. The normalized spacial score (nSPS) is 11.5. The van der Waals surface area contributed by atoms with Crippen molar-refractivity contribution in [3.8, 4) is 5.75 Å². The van der Waals surface area contributed by atoms with Crippen LogP contribution in [0.15, 0.2) is 61.1 Å². The molecule has 0 unspecified atom stereocenters. The molecule has 0 aliphatic heterocycles. The number of nitrogens with zero attached hydrogens (tertiary/aromatic N) is 4. The Kier molecular flexibility index (Phi) is 4.56. The van der Waals surface area contributed by atoms with Crippen molar-refractivity contribution in [1.29, 1.82) is 0 Å². The van der Waals surface area contributed by atoms with Crippen LogP contribution in [0.5, 0.6) is 5.75 Å². The Hall–Kier alpha value is -3.62. The molecule has 0 spiro atoms. The number of aromatic nitrogens is 4. The van der Waals surface area contributed by atoms with E-state index < -0.39 is 6.36 Å². The molecule has 141 valence electrons. The molecule has 0 bridgehead atoms. The Morgan fingerprint density at radius 2 is 1.93 bits per heavy atom. The van der Waals surface area contributed by atoms with E-state index in [1.807, 2.05) is 30.5 Å². The van der Waals surface area contributed by atoms with Gasteiger partial charge in [0.05, 0.1) is 11.9 Å². The SMILES string of the molecule is FC(F)(F)Oc1ccc(Nc2ncnc3nn(Cc4c[c]ccc4)cc23)cc1. The number of rotatable bonds is 5. The second kappa shape index (κ2) is 7.18. The first-order valence-electron chi connectivity index (χ1n) is 8.22. The first kappa shape index (κ1) is 17.8. The molecule has 0 atom stereocenters. The highest BCUT2D eigenvalue weighted by Crippen LogP contribution is 2.26. The van der Waals surface area contributed by atoms with Gasteiger partial charge in [0.2, 0.25) is 0 Å². The van der Waals surface area contributed by atoms with Gasteiger partial charge in [-0.1, -0.05) is 18.2 Å². The van der Waals surface area contributed by atoms with E-state index in [1.165, 1.54) is 30.6 Å². The van der Waals surface area contributed by atoms with Gasteiger partial charge in [-0.3, -0.25) is 4.68 Å². The Morgan fingerprint density at radius 1 is 1.11 bits per heavy atom. The molecule has 2 heterocycles. The number of hydrogen-bond acceptors (Lipinski definition) is 5. The van der Waals surface area contributed by atoms with Crippen LogP contribution < -0.4 is 10.1 Å². The van der Waals surface area contributed by atoms with Crippen LogP contribution in [0.3, 0.4) is 0 Å². The molecule has 0 amide bonds. The molecule has 0 aliphatic carbocycles. The zero-order chi connectivity index (χ0) is 19.6. The summed E-state index contributed by atoms with van der Waals surface area (Å²) in [5.74, 6) is 0.207. The first-order valence-corrected chi connectivity index (χ1v) is 8.22. The summed E-state index contributed by atoms with van der Waals surface area (Å²) in [6.07, 6.45) is -1.54. The molecular weight excluding hydrogens is 371 g/mol. The summed E-state index contributed by atoms with van der Waals surface area (Å²) < 4.78 is 42.4. The summed E-state index contributed by atoms with van der Waals surface area (Å²) >= 11 is 0. The van der Waals surface area contributed by atoms with E-state index in [0.29, 0.717) is 29.1 Å². The Morgan fingerprint density at radius 3 is 2.64 bits per heavy atom. The summed E-state index contributed by atoms with van der Waals surface area (Å²) in [6.45, 7) is 0.552. The minimum absolute atomic E-state index is 0.293. The van der Waals surface area contributed by atoms with Gasteiger partial charge in [0, 0.05) is 11.9 Å². The average molecular weight is 384 g/mol. The van der Waals surface area contributed by atoms with Crippen molar-refractivity contribution in [3.05, 3.63) is 72.7 Å². The predicted molar refractivity (Wildman–Crippen MR) is 96.1 cm³/mol. The number of halogens is 3. The minimum atomic E-state index is -4.72. The lowest BCUT2D eigenvalue weighted by atomic mass is 10.2. The number of ether oxygens (including phenoxy) is 1. The summed E-state index contributed by atoms with van der Waals surface area (Å²) in [5.41, 5.74) is 2.10. The monoisotopic (exact) mass is 384 g/mol. The number of alkyl halides is 3. The molecule has 0 saturated heterocycles. The molecule has 1 N–H and O–H groups in total. The van der Waals surface area contributed by atoms with Crippen LogP contribution in [0, 0.1) is 6.07 Å². The molecule has 1 radical (unpaired) electrons. The van der Waals surface area contributed by atoms with Crippen molar-refractivity contribution in [3.63, 3.8) is 0 Å². The average Bonchev–Trinajstić information content (AvgIpc) is 3.06. The number of nitrogens with one attached hydrogen (secondary N) is 1. The van der Waals surface area contributed by atoms with Crippen LogP contribution in [0.25, 0.3) is 11.0 Å². The van der Waals surface area contributed by atoms with Gasteiger partial charge in [0.25, 0.3) is 0 Å². The maximum absolute atomic E-state index is 12.3. The molecule has 4 rings (SSSR count). The van der Waals surface area contributed by atoms with Crippen LogP contribution in [0.4, 0.5) is 24.7 Å². The van der Waals surface area contributed by atoms with Gasteiger partial charge in [-0.2, -0.15) is 5.10 Å². The fourth-order valence-corrected chi connectivity index (χ4v) is 2.66. The number of hydrogen-bond donors (Lipinski definition) is 1. The van der Waals surface area contributed by atoms with E-state index in [-0.39, 0.29) is 5.75 Å². The Balaban J connectivity index is 1.55. The van der Waals surface area contributed by atoms with Crippen molar-refractivity contribution < 1.29 is 17.9 Å². The molecule has 0 aliphatic rings. The van der Waals surface area contributed by atoms with Crippen LogP contribution in [0.2, 0.25) is 0 Å². The van der Waals surface area contributed by atoms with Gasteiger partial charge < -0.3 is 10.1 Å². The second-order valence-electron chi connectivity index (χ2n) is 5.90. The largest absolute Gasteiger partial charge is 0.573 e. The molecule has 0 saturated carbocycles. The van der Waals surface area contributed by atoms with E-state index >= 15 is 0 Å². The third-order valence-electron chi connectivity index (χ3n) is 3.83. The van der Waals surface area contributed by atoms with Gasteiger partial charge >= 0.3 is 6.36 Å². The third kappa shape index (κ3) is 4.20. The van der Waals surface area contributed by atoms with Crippen molar-refractivity contribution in [2.75, 3.05) is 5.32 Å². The van der Waals surface area contributed by atoms with E-state index in [0.717, 1.165) is 5.56 Å². The molecule has 2 aromatic heterocycles. The molecule has 6 nitrogen and oxygen atoms in total. The topological polar surface area (TPSA) is 64.9 Å². The van der Waals surface area contributed by atoms with Crippen molar-refractivity contribution in [2.24, 2.45) is 0 Å². The summed E-state index contributed by atoms with van der Waals surface area (Å²) in [5, 5.41) is 8.19. The fourth-order valence-electron chi connectivity index (χ4n) is 2.66. The third-order valence-corrected chi connectivity index (χ3v) is 3.83. The number of benzene rings is 2. The van der Waals surface area contributed by atoms with Gasteiger partial charge in [0.1, 0.15) is 17.9 Å². The van der Waals surface area contributed by atoms with Crippen molar-refractivity contribution in [2.45, 2.75) is 12.9 Å². The Bertz CT molecular complexity index is 1080. The van der Waals surface area contributed by atoms with Crippen LogP contribution in [0.1, 0.15) is 5.56 Å². The van der Waals surface area contributed by atoms with E-state index in [4.69, 9.17) is 0 Å². The second-order valence-corrected chi connectivity index (χ2v) is 5.90. The maximum Gasteiger partial charge on any atom is 0.573 e. The standard InChI is InChI=1S/C19H13F3N5O/c20-19(21,22)28-15-8-6-14(7-9-15)25-17-16-11-27(26-18(16)24-12-23-17)10-13-4-2-1-3-5-13/h1-2,4-9,11-12H,10H2,(H,23,24,25,26). The molecular formula is C19H13F3N5O. The quantitative estimate of drug-likeness (QED) is 0.555. The predicted octanol–water partition coefficient (Wildman–Crippen LogP) is 4.32. The Labute approximate surface area is 157 Å². The van der Waals surface area contributed by atoms with Crippen molar-refractivity contribution >= 4 is 22.5 Å². The van der Waals surface area contributed by atoms with Crippen LogP contribution >= 0.6 is 0 Å². The first-order chi connectivity index (χ1) is 13.5. The smallest absolute Gasteiger partial charge is 0.406 e. The molecule has 4 aromatic rings. The molecule has 2 aromatic carbocycles. The van der Waals surface area contributed by atoms with Gasteiger partial charge in [-0.05, 0) is 42.0 Å². The summed E-state index contributed by atoms with van der Waals surface area (Å²) in [6, 6.07) is 16.0. The van der Waals surface area contributed by atoms with E-state index in [9.17, 15) is 13.2 Å². The highest BCUT2D eigenvalue weighted by molar-refractivity contribution is 5.87. The molecule has 28 heavy (non-hydrogen) atoms. The lowest BCUT2D eigenvalue weighted by Crippen LogP contribution is -2.16. The van der Waals surface area contributed by atoms with Gasteiger partial charge in [-0.25, -0.2) is 9.97 Å². The van der Waals surface area contributed by atoms with E-state index in [1.54, 1.807) is 4.68 Å².